The summed E-state index contributed by atoms with van der Waals surface area (Å²) in [7, 11) is 0. The summed E-state index contributed by atoms with van der Waals surface area (Å²) in [5.74, 6) is -1.33. The summed E-state index contributed by atoms with van der Waals surface area (Å²) < 4.78 is 0. The zero-order chi connectivity index (χ0) is 6.57. The number of nitrogens with two attached hydrogens (primary N) is 1. The second-order valence-corrected chi connectivity index (χ2v) is 0.988. The minimum atomic E-state index is -1.46. The van der Waals surface area contributed by atoms with E-state index in [9.17, 15) is 4.79 Å². The molecular weight excluding hydrogens is 112 g/mol. The highest BCUT2D eigenvalue weighted by Crippen LogP contribution is 1.78. The Balaban J connectivity index is 3.82. The Morgan fingerprint density at radius 2 is 2.50 bits per heavy atom. The van der Waals surface area contributed by atoms with Gasteiger partial charge in [0, 0.05) is 4.91 Å². The van der Waals surface area contributed by atoms with Gasteiger partial charge in [-0.15, -0.1) is 0 Å². The zero-order valence-corrected chi connectivity index (χ0v) is 3.85. The minimum Gasteiger partial charge on any atom is -0.480 e. The van der Waals surface area contributed by atoms with Crippen LogP contribution in [0.5, 0.6) is 0 Å². The van der Waals surface area contributed by atoms with Gasteiger partial charge in [-0.1, -0.05) is 5.11 Å². The smallest absolute Gasteiger partial charge is 0.326 e. The first kappa shape index (κ1) is 6.74. The van der Waals surface area contributed by atoms with Gasteiger partial charge in [-0.05, 0) is 5.53 Å². The third-order valence-corrected chi connectivity index (χ3v) is 0.429. The average Bonchev–Trinajstić information content (AvgIpc) is 1.67. The molecule has 0 aromatic rings. The predicted molar refractivity (Wildman–Crippen MR) is 24.8 cm³/mol. The molecule has 0 aliphatic rings. The van der Waals surface area contributed by atoms with Crippen LogP contribution in [0.2, 0.25) is 0 Å². The van der Waals surface area contributed by atoms with Gasteiger partial charge in [0.2, 0.25) is 0 Å². The number of rotatable bonds is 2. The second-order valence-electron chi connectivity index (χ2n) is 0.988. The Kier molecular flexibility index (Phi) is 2.39. The van der Waals surface area contributed by atoms with E-state index in [4.69, 9.17) is 16.4 Å². The summed E-state index contributed by atoms with van der Waals surface area (Å²) in [5.41, 5.74) is 12.3. The first-order valence-electron chi connectivity index (χ1n) is 1.71. The molecule has 0 fully saturated rings. The molecule has 0 rings (SSSR count). The molecule has 3 N–H and O–H groups in total. The van der Waals surface area contributed by atoms with E-state index in [0.29, 0.717) is 0 Å². The van der Waals surface area contributed by atoms with E-state index >= 15 is 0 Å². The van der Waals surface area contributed by atoms with Gasteiger partial charge in [0.15, 0.2) is 6.17 Å². The fraction of sp³-hybridized carbons (Fsp3) is 0.500. The lowest BCUT2D eigenvalue weighted by Gasteiger charge is -1.91. The second kappa shape index (κ2) is 2.84. The van der Waals surface area contributed by atoms with Gasteiger partial charge in [-0.2, -0.15) is 0 Å². The predicted octanol–water partition coefficient (Wildman–Crippen LogP) is -0.334. The van der Waals surface area contributed by atoms with Crippen LogP contribution >= 0.6 is 0 Å². The Morgan fingerprint density at radius 1 is 2.00 bits per heavy atom. The number of nitrogens with zero attached hydrogens (tertiary/aromatic N) is 3. The van der Waals surface area contributed by atoms with Crippen molar-refractivity contribution >= 4 is 5.97 Å². The summed E-state index contributed by atoms with van der Waals surface area (Å²) in [4.78, 5) is 11.9. The Bertz CT molecular complexity index is 135. The van der Waals surface area contributed by atoms with Crippen molar-refractivity contribution < 1.29 is 9.90 Å². The standard InChI is InChI=1S/C2H4N4O2/c3-1(2(7)8)5-6-4/h1H,3H2,(H,7,8). The van der Waals surface area contributed by atoms with E-state index in [1.165, 1.54) is 0 Å². The van der Waals surface area contributed by atoms with Crippen LogP contribution in [0.4, 0.5) is 0 Å². The topological polar surface area (TPSA) is 112 Å². The van der Waals surface area contributed by atoms with Crippen LogP contribution in [0, 0.1) is 0 Å². The van der Waals surface area contributed by atoms with Crippen LogP contribution in [-0.4, -0.2) is 17.2 Å². The number of hydrogen-bond acceptors (Lipinski definition) is 3. The molecule has 6 nitrogen and oxygen atoms in total. The van der Waals surface area contributed by atoms with Crippen LogP contribution in [-0.2, 0) is 4.79 Å². The van der Waals surface area contributed by atoms with Crippen molar-refractivity contribution in [2.75, 3.05) is 0 Å². The summed E-state index contributed by atoms with van der Waals surface area (Å²) in [6.07, 6.45) is -1.46. The van der Waals surface area contributed by atoms with Gasteiger partial charge in [0.05, 0.1) is 0 Å². The molecule has 0 aliphatic heterocycles. The molecule has 1 atom stereocenters. The highest BCUT2D eigenvalue weighted by atomic mass is 16.4. The Morgan fingerprint density at radius 3 is 2.62 bits per heavy atom. The fourth-order valence-electron chi connectivity index (χ4n) is 0.105. The third-order valence-electron chi connectivity index (χ3n) is 0.429. The largest absolute Gasteiger partial charge is 0.480 e. The molecule has 0 heterocycles. The van der Waals surface area contributed by atoms with Gasteiger partial charge in [0.25, 0.3) is 0 Å². The molecule has 44 valence electrons. The SMILES string of the molecule is [N-]=[N+]=NC(N)C(=O)O. The van der Waals surface area contributed by atoms with Gasteiger partial charge in [-0.25, -0.2) is 0 Å². The van der Waals surface area contributed by atoms with Gasteiger partial charge < -0.3 is 10.8 Å². The summed E-state index contributed by atoms with van der Waals surface area (Å²) in [5, 5.41) is 10.6. The van der Waals surface area contributed by atoms with Crippen molar-refractivity contribution in [1.82, 2.24) is 0 Å². The van der Waals surface area contributed by atoms with Crippen molar-refractivity contribution in [3.63, 3.8) is 0 Å². The molecule has 0 saturated carbocycles. The number of carboxylic acids is 1. The molecule has 0 bridgehead atoms. The van der Waals surface area contributed by atoms with Crippen LogP contribution in [0.15, 0.2) is 5.11 Å². The van der Waals surface area contributed by atoms with Crippen molar-refractivity contribution in [3.05, 3.63) is 10.4 Å². The lowest BCUT2D eigenvalue weighted by molar-refractivity contribution is -0.138. The molecule has 0 saturated heterocycles. The molecule has 0 aromatic carbocycles. The minimum absolute atomic E-state index is 1.33. The summed E-state index contributed by atoms with van der Waals surface area (Å²) >= 11 is 0. The Labute approximate surface area is 44.5 Å². The molecule has 0 radical (unpaired) electrons. The van der Waals surface area contributed by atoms with Crippen LogP contribution in [0.1, 0.15) is 0 Å². The fourth-order valence-corrected chi connectivity index (χ4v) is 0.105. The lowest BCUT2D eigenvalue weighted by atomic mass is 10.6. The Hall–Kier alpha value is -1.26. The maximum atomic E-state index is 9.70. The van der Waals surface area contributed by atoms with E-state index in [-0.39, 0.29) is 0 Å². The van der Waals surface area contributed by atoms with Crippen molar-refractivity contribution in [1.29, 1.82) is 0 Å². The maximum absolute atomic E-state index is 9.70. The number of aliphatic carboxylic acids is 1. The van der Waals surface area contributed by atoms with Crippen LogP contribution < -0.4 is 5.73 Å². The quantitative estimate of drug-likeness (QED) is 0.292. The molecular formula is C2H4N4O2. The number of carbonyl (C=O) groups is 1. The summed E-state index contributed by atoms with van der Waals surface area (Å²) in [6.45, 7) is 0. The number of carboxylic acid groups (broad SMARTS) is 1. The maximum Gasteiger partial charge on any atom is 0.326 e. The normalized spacial score (nSPS) is 11.6. The molecule has 0 aromatic heterocycles. The van der Waals surface area contributed by atoms with Crippen molar-refractivity contribution in [3.8, 4) is 0 Å². The van der Waals surface area contributed by atoms with Crippen molar-refractivity contribution in [2.24, 2.45) is 10.8 Å². The van der Waals surface area contributed by atoms with Gasteiger partial charge in [0.1, 0.15) is 0 Å². The molecule has 1 unspecified atom stereocenters. The molecule has 6 heteroatoms. The molecule has 0 spiro atoms. The molecule has 0 aliphatic carbocycles. The van der Waals surface area contributed by atoms with E-state index < -0.39 is 12.1 Å². The van der Waals surface area contributed by atoms with Gasteiger partial charge in [-0.3, -0.25) is 4.79 Å². The number of hydrogen-bond donors (Lipinski definition) is 2. The van der Waals surface area contributed by atoms with Crippen molar-refractivity contribution in [2.45, 2.75) is 6.17 Å². The van der Waals surface area contributed by atoms with Crippen LogP contribution in [0.25, 0.3) is 10.4 Å². The average molecular weight is 116 g/mol. The lowest BCUT2D eigenvalue weighted by Crippen LogP contribution is -2.26. The van der Waals surface area contributed by atoms with Gasteiger partial charge >= 0.3 is 5.97 Å². The monoisotopic (exact) mass is 116 g/mol. The summed E-state index contributed by atoms with van der Waals surface area (Å²) in [6, 6.07) is 0. The van der Waals surface area contributed by atoms with E-state index in [1.54, 1.807) is 0 Å². The van der Waals surface area contributed by atoms with E-state index in [0.717, 1.165) is 0 Å². The highest BCUT2D eigenvalue weighted by molar-refractivity contribution is 5.72. The first-order valence-corrected chi connectivity index (χ1v) is 1.71. The van der Waals surface area contributed by atoms with Crippen LogP contribution in [0.3, 0.4) is 0 Å². The first-order chi connectivity index (χ1) is 3.68. The molecule has 8 heavy (non-hydrogen) atoms. The number of azide groups is 1. The van der Waals surface area contributed by atoms with E-state index in [2.05, 4.69) is 10.0 Å². The zero-order valence-electron chi connectivity index (χ0n) is 3.85. The highest BCUT2D eigenvalue weighted by Gasteiger charge is 2.05. The molecule has 0 amide bonds. The van der Waals surface area contributed by atoms with E-state index in [1.807, 2.05) is 0 Å². The third kappa shape index (κ3) is 2.01.